The topological polar surface area (TPSA) is 60.4 Å². The summed E-state index contributed by atoms with van der Waals surface area (Å²) in [6, 6.07) is 8.44. The van der Waals surface area contributed by atoms with Gasteiger partial charge < -0.3 is 10.3 Å². The Hall–Kier alpha value is -1.91. The van der Waals surface area contributed by atoms with Crippen LogP contribution < -0.4 is 4.65 Å². The number of para-hydroxylation sites is 1. The zero-order valence-corrected chi connectivity index (χ0v) is 9.41. The highest BCUT2D eigenvalue weighted by Gasteiger charge is 2.29. The van der Waals surface area contributed by atoms with E-state index in [2.05, 4.69) is 0 Å². The molecule has 0 saturated carbocycles. The van der Waals surface area contributed by atoms with Gasteiger partial charge in [0.2, 0.25) is 0 Å². The summed E-state index contributed by atoms with van der Waals surface area (Å²) in [5, 5.41) is 21.7. The molecule has 1 aromatic carbocycles. The van der Waals surface area contributed by atoms with E-state index in [-0.39, 0.29) is 11.6 Å². The van der Waals surface area contributed by atoms with Crippen LogP contribution in [0, 0.1) is 5.21 Å². The molecule has 0 aromatic heterocycles. The van der Waals surface area contributed by atoms with Crippen LogP contribution in [0.3, 0.4) is 0 Å². The minimum atomic E-state index is -1.08. The second-order valence-corrected chi connectivity index (χ2v) is 4.03. The van der Waals surface area contributed by atoms with Crippen LogP contribution >= 0.6 is 0 Å². The predicted octanol–water partition coefficient (Wildman–Crippen LogP) is 2.42. The van der Waals surface area contributed by atoms with Crippen molar-refractivity contribution in [3.8, 4) is 0 Å². The molecule has 0 fully saturated rings. The molecule has 1 aromatic rings. The molecular formula is C13H13NO3. The lowest BCUT2D eigenvalue weighted by Crippen LogP contribution is -2.46. The van der Waals surface area contributed by atoms with Gasteiger partial charge in [-0.3, -0.25) is 4.65 Å². The molecule has 0 radical (unpaired) electrons. The highest BCUT2D eigenvalue weighted by atomic mass is 16.5. The summed E-state index contributed by atoms with van der Waals surface area (Å²) in [4.78, 5) is 10.9. The zero-order chi connectivity index (χ0) is 12.5. The fraction of sp³-hybridized carbons (Fsp3) is 0.154. The van der Waals surface area contributed by atoms with Gasteiger partial charge in [0.05, 0.1) is 0 Å². The molecule has 0 unspecified atom stereocenters. The number of rotatable bonds is 2. The summed E-state index contributed by atoms with van der Waals surface area (Å²) in [6.07, 6.45) is 4.34. The Kier molecular flexibility index (Phi) is 2.83. The smallest absolute Gasteiger partial charge is 0.341 e. The third kappa shape index (κ3) is 2.00. The van der Waals surface area contributed by atoms with Gasteiger partial charge in [-0.15, -0.1) is 0 Å². The van der Waals surface area contributed by atoms with Crippen LogP contribution in [0.25, 0.3) is 0 Å². The number of hydrogen-bond donors (Lipinski definition) is 1. The Balaban J connectivity index is 2.49. The number of quaternary nitrogens is 1. The molecule has 1 N–H and O–H groups in total. The minimum Gasteiger partial charge on any atom is -0.622 e. The molecule has 1 aliphatic rings. The summed E-state index contributed by atoms with van der Waals surface area (Å²) < 4.78 is -0.765. The number of carboxylic acids is 1. The number of hydrogen-bond acceptors (Lipinski definition) is 2. The van der Waals surface area contributed by atoms with Crippen LogP contribution in [0.4, 0.5) is 5.69 Å². The molecule has 0 amide bonds. The first-order valence-corrected chi connectivity index (χ1v) is 5.33. The Bertz CT molecular complexity index is 493. The molecule has 4 nitrogen and oxygen atoms in total. The SMILES string of the molecule is C[C@H]1C=CC(C(=O)O)=C[N@+]1([O-])c1ccccc1. The molecule has 2 rings (SSSR count). The average molecular weight is 231 g/mol. The van der Waals surface area contributed by atoms with E-state index in [1.165, 1.54) is 12.3 Å². The lowest BCUT2D eigenvalue weighted by atomic mass is 10.1. The number of hydroxylamine groups is 2. The molecule has 88 valence electrons. The molecule has 0 bridgehead atoms. The molecule has 2 atom stereocenters. The fourth-order valence-corrected chi connectivity index (χ4v) is 1.84. The van der Waals surface area contributed by atoms with Gasteiger partial charge in [-0.1, -0.05) is 18.2 Å². The van der Waals surface area contributed by atoms with Crippen LogP contribution in [0.5, 0.6) is 0 Å². The molecular weight excluding hydrogens is 218 g/mol. The lowest BCUT2D eigenvalue weighted by molar-refractivity contribution is -0.132. The molecule has 1 heterocycles. The van der Waals surface area contributed by atoms with E-state index in [0.29, 0.717) is 5.69 Å². The number of carbonyl (C=O) groups is 1. The molecule has 0 spiro atoms. The van der Waals surface area contributed by atoms with Gasteiger partial charge in [0.1, 0.15) is 23.5 Å². The van der Waals surface area contributed by atoms with E-state index in [1.54, 1.807) is 37.3 Å². The summed E-state index contributed by atoms with van der Waals surface area (Å²) in [5.74, 6) is -1.08. The van der Waals surface area contributed by atoms with Crippen molar-refractivity contribution in [3.63, 3.8) is 0 Å². The van der Waals surface area contributed by atoms with Crippen LogP contribution in [-0.4, -0.2) is 17.1 Å². The van der Waals surface area contributed by atoms with E-state index in [4.69, 9.17) is 5.11 Å². The normalized spacial score (nSPS) is 27.6. The third-order valence-corrected chi connectivity index (χ3v) is 2.90. The first-order valence-electron chi connectivity index (χ1n) is 5.33. The Labute approximate surface area is 99.3 Å². The number of nitrogens with zero attached hydrogens (tertiary/aromatic N) is 1. The zero-order valence-electron chi connectivity index (χ0n) is 9.41. The van der Waals surface area contributed by atoms with Crippen molar-refractivity contribution in [2.45, 2.75) is 13.0 Å². The summed E-state index contributed by atoms with van der Waals surface area (Å²) in [6.45, 7) is 1.77. The van der Waals surface area contributed by atoms with E-state index in [0.717, 1.165) is 0 Å². The first kappa shape index (κ1) is 11.6. The molecule has 0 aliphatic carbocycles. The molecule has 17 heavy (non-hydrogen) atoms. The highest BCUT2D eigenvalue weighted by Crippen LogP contribution is 2.30. The fourth-order valence-electron chi connectivity index (χ4n) is 1.84. The molecule has 0 saturated heterocycles. The van der Waals surface area contributed by atoms with Gasteiger partial charge in [0, 0.05) is 0 Å². The van der Waals surface area contributed by atoms with Gasteiger partial charge in [0.15, 0.2) is 0 Å². The number of benzene rings is 1. The summed E-state index contributed by atoms with van der Waals surface area (Å²) >= 11 is 0. The van der Waals surface area contributed by atoms with E-state index in [9.17, 15) is 10.0 Å². The van der Waals surface area contributed by atoms with Crippen LogP contribution in [-0.2, 0) is 4.79 Å². The van der Waals surface area contributed by atoms with Crippen molar-refractivity contribution in [1.82, 2.24) is 4.65 Å². The highest BCUT2D eigenvalue weighted by molar-refractivity contribution is 5.90. The predicted molar refractivity (Wildman–Crippen MR) is 65.9 cm³/mol. The number of aliphatic carboxylic acids is 1. The second-order valence-electron chi connectivity index (χ2n) is 4.03. The largest absolute Gasteiger partial charge is 0.622 e. The van der Waals surface area contributed by atoms with Crippen LogP contribution in [0.15, 0.2) is 54.3 Å². The van der Waals surface area contributed by atoms with Crippen molar-refractivity contribution in [2.75, 3.05) is 0 Å². The van der Waals surface area contributed by atoms with Crippen molar-refractivity contribution in [3.05, 3.63) is 59.5 Å². The average Bonchev–Trinajstić information content (AvgIpc) is 2.33. The van der Waals surface area contributed by atoms with Crippen molar-refractivity contribution >= 4 is 11.7 Å². The maximum Gasteiger partial charge on any atom is 0.341 e. The van der Waals surface area contributed by atoms with Crippen molar-refractivity contribution < 1.29 is 9.90 Å². The van der Waals surface area contributed by atoms with Gasteiger partial charge in [-0.05, 0) is 31.2 Å². The van der Waals surface area contributed by atoms with Crippen LogP contribution in [0.2, 0.25) is 0 Å². The van der Waals surface area contributed by atoms with Crippen molar-refractivity contribution in [1.29, 1.82) is 0 Å². The number of carboxylic acid groups (broad SMARTS) is 1. The first-order chi connectivity index (χ1) is 8.04. The lowest BCUT2D eigenvalue weighted by Gasteiger charge is -2.44. The van der Waals surface area contributed by atoms with E-state index < -0.39 is 10.6 Å². The maximum absolute atomic E-state index is 12.7. The standard InChI is InChI=1S/C13H13NO3/c1-10-7-8-11(13(15)16)9-14(10,17)12-5-3-2-4-6-12/h2-10H,1H3,(H,15,16)/t10-,14+/m0/s1. The van der Waals surface area contributed by atoms with Gasteiger partial charge in [0.25, 0.3) is 0 Å². The van der Waals surface area contributed by atoms with E-state index in [1.807, 2.05) is 6.07 Å². The monoisotopic (exact) mass is 231 g/mol. The van der Waals surface area contributed by atoms with E-state index >= 15 is 0 Å². The quantitative estimate of drug-likeness (QED) is 0.628. The second kappa shape index (κ2) is 4.16. The molecule has 4 heteroatoms. The van der Waals surface area contributed by atoms with Crippen LogP contribution in [0.1, 0.15) is 6.92 Å². The Morgan fingerprint density at radius 2 is 2.00 bits per heavy atom. The minimum absolute atomic E-state index is 0.0296. The molecule has 1 aliphatic heterocycles. The van der Waals surface area contributed by atoms with Gasteiger partial charge >= 0.3 is 5.97 Å². The van der Waals surface area contributed by atoms with Gasteiger partial charge in [-0.2, -0.15) is 0 Å². The Morgan fingerprint density at radius 1 is 1.35 bits per heavy atom. The van der Waals surface area contributed by atoms with Crippen molar-refractivity contribution in [2.24, 2.45) is 0 Å². The maximum atomic E-state index is 12.7. The summed E-state index contributed by atoms with van der Waals surface area (Å²) in [5.41, 5.74) is 0.560. The van der Waals surface area contributed by atoms with Gasteiger partial charge in [-0.25, -0.2) is 4.79 Å². The Morgan fingerprint density at radius 3 is 2.59 bits per heavy atom. The third-order valence-electron chi connectivity index (χ3n) is 2.90. The summed E-state index contributed by atoms with van der Waals surface area (Å²) in [7, 11) is 0.